The van der Waals surface area contributed by atoms with Crippen LogP contribution in [0.3, 0.4) is 0 Å². The summed E-state index contributed by atoms with van der Waals surface area (Å²) >= 11 is 0. The number of nitrogens with two attached hydrogens (primary N) is 4. The lowest BCUT2D eigenvalue weighted by Gasteiger charge is -2.48. The van der Waals surface area contributed by atoms with Crippen molar-refractivity contribution in [3.63, 3.8) is 0 Å². The number of ether oxygens (including phenoxy) is 4. The maximum Gasteiger partial charge on any atom is 0.187 e. The van der Waals surface area contributed by atoms with Gasteiger partial charge in [0, 0.05) is 18.6 Å². The maximum atomic E-state index is 10.9. The van der Waals surface area contributed by atoms with Gasteiger partial charge in [-0.1, -0.05) is 0 Å². The van der Waals surface area contributed by atoms with Crippen LogP contribution in [0.1, 0.15) is 6.42 Å². The predicted molar refractivity (Wildman–Crippen MR) is 108 cm³/mol. The molecule has 3 fully saturated rings. The molecule has 0 radical (unpaired) electrons. The highest BCUT2D eigenvalue weighted by atomic mass is 16.7. The first-order chi connectivity index (χ1) is 15.5. The highest BCUT2D eigenvalue weighted by molar-refractivity contribution is 5.01. The van der Waals surface area contributed by atoms with Crippen LogP contribution in [0.5, 0.6) is 0 Å². The van der Waals surface area contributed by atoms with E-state index in [9.17, 15) is 35.7 Å². The first-order valence-corrected chi connectivity index (χ1v) is 10.8. The summed E-state index contributed by atoms with van der Waals surface area (Å²) in [7, 11) is 0. The van der Waals surface area contributed by atoms with E-state index in [0.29, 0.717) is 0 Å². The smallest absolute Gasteiger partial charge is 0.187 e. The second-order valence-corrected chi connectivity index (χ2v) is 8.79. The van der Waals surface area contributed by atoms with Gasteiger partial charge in [0.05, 0.1) is 12.6 Å². The van der Waals surface area contributed by atoms with Gasteiger partial charge in [-0.15, -0.1) is 0 Å². The molecule has 0 aromatic rings. The van der Waals surface area contributed by atoms with Crippen molar-refractivity contribution in [2.45, 2.75) is 98.2 Å². The van der Waals surface area contributed by atoms with Crippen LogP contribution in [0, 0.1) is 0 Å². The standard InChI is InChI=1S/C18H36N4O11/c19-2-6-10(25)12(27)13(28)18(30-6)33-16-5(21)1-4(20)15(14(16)29)32-17-11(26)8(22)9(24)7(3-23)31-17/h4-18,23-29H,1-3,19-22H2/t4?,5?,6-,7-,8+,9-,10-,11-,12+,13-,14?,15?,16?,17-,18-/m1/s1. The number of hydrogen-bond acceptors (Lipinski definition) is 15. The van der Waals surface area contributed by atoms with Crippen LogP contribution in [0.4, 0.5) is 0 Å². The number of rotatable bonds is 6. The highest BCUT2D eigenvalue weighted by Crippen LogP contribution is 2.31. The second kappa shape index (κ2) is 11.0. The quantitative estimate of drug-likeness (QED) is 0.167. The van der Waals surface area contributed by atoms with Crippen molar-refractivity contribution in [3.05, 3.63) is 0 Å². The molecule has 2 aliphatic heterocycles. The van der Waals surface area contributed by atoms with E-state index in [0.717, 1.165) is 0 Å². The molecule has 0 bridgehead atoms. The van der Waals surface area contributed by atoms with E-state index in [1.54, 1.807) is 0 Å². The van der Waals surface area contributed by atoms with Crippen molar-refractivity contribution >= 4 is 0 Å². The summed E-state index contributed by atoms with van der Waals surface area (Å²) in [4.78, 5) is 0. The number of aliphatic hydroxyl groups is 7. The largest absolute Gasteiger partial charge is 0.394 e. The fourth-order valence-electron chi connectivity index (χ4n) is 4.40. The normalized spacial score (nSPS) is 53.7. The molecule has 0 aromatic heterocycles. The lowest BCUT2D eigenvalue weighted by Crippen LogP contribution is -2.68. The molecule has 2 heterocycles. The highest BCUT2D eigenvalue weighted by Gasteiger charge is 2.51. The Balaban J connectivity index is 1.72. The van der Waals surface area contributed by atoms with Gasteiger partial charge in [0.2, 0.25) is 0 Å². The molecular weight excluding hydrogens is 448 g/mol. The Labute approximate surface area is 189 Å². The van der Waals surface area contributed by atoms with Crippen molar-refractivity contribution in [2.24, 2.45) is 22.9 Å². The molecular formula is C18H36N4O11. The summed E-state index contributed by atoms with van der Waals surface area (Å²) in [5.41, 5.74) is 23.5. The van der Waals surface area contributed by atoms with Crippen molar-refractivity contribution in [2.75, 3.05) is 13.2 Å². The van der Waals surface area contributed by atoms with Crippen LogP contribution < -0.4 is 22.9 Å². The average Bonchev–Trinajstić information content (AvgIpc) is 2.79. The van der Waals surface area contributed by atoms with Crippen molar-refractivity contribution in [1.82, 2.24) is 0 Å². The molecule has 1 saturated carbocycles. The second-order valence-electron chi connectivity index (χ2n) is 8.79. The summed E-state index contributed by atoms with van der Waals surface area (Å²) in [6.45, 7) is -0.763. The van der Waals surface area contributed by atoms with Crippen LogP contribution in [0.25, 0.3) is 0 Å². The molecule has 5 unspecified atom stereocenters. The minimum atomic E-state index is -1.66. The van der Waals surface area contributed by atoms with Gasteiger partial charge in [0.1, 0.15) is 61.0 Å². The summed E-state index contributed by atoms with van der Waals surface area (Å²) in [5, 5.41) is 70.9. The van der Waals surface area contributed by atoms with E-state index < -0.39 is 98.4 Å². The zero-order valence-corrected chi connectivity index (χ0v) is 17.9. The first kappa shape index (κ1) is 27.0. The van der Waals surface area contributed by atoms with E-state index in [-0.39, 0.29) is 13.0 Å². The van der Waals surface area contributed by atoms with Gasteiger partial charge in [-0.25, -0.2) is 0 Å². The summed E-state index contributed by atoms with van der Waals surface area (Å²) in [5.74, 6) is 0. The summed E-state index contributed by atoms with van der Waals surface area (Å²) in [6, 6.07) is -2.86. The van der Waals surface area contributed by atoms with Crippen LogP contribution in [0.15, 0.2) is 0 Å². The molecule has 15 N–H and O–H groups in total. The number of aliphatic hydroxyl groups excluding tert-OH is 7. The fraction of sp³-hybridized carbons (Fsp3) is 1.00. The molecule has 0 amide bonds. The third-order valence-electron chi connectivity index (χ3n) is 6.48. The Morgan fingerprint density at radius 1 is 0.667 bits per heavy atom. The zero-order valence-electron chi connectivity index (χ0n) is 17.9. The van der Waals surface area contributed by atoms with Crippen LogP contribution in [0.2, 0.25) is 0 Å². The zero-order chi connectivity index (χ0) is 24.6. The SMILES string of the molecule is NC[C@H]1O[C@H](OC2C(N)CC(N)C(O[C@H]3O[C@H](CO)[C@@H](O)[C@H](N)[C@H]3O)C2O)[C@H](O)[C@@H](O)[C@@H]1O. The Hall–Kier alpha value is -0.600. The Kier molecular flexibility index (Phi) is 8.99. The van der Waals surface area contributed by atoms with Gasteiger partial charge in [0.15, 0.2) is 12.6 Å². The van der Waals surface area contributed by atoms with E-state index in [1.807, 2.05) is 0 Å². The molecule has 2 saturated heterocycles. The third-order valence-corrected chi connectivity index (χ3v) is 6.48. The minimum Gasteiger partial charge on any atom is -0.394 e. The Morgan fingerprint density at radius 2 is 1.18 bits per heavy atom. The minimum absolute atomic E-state index is 0.0849. The molecule has 15 atom stereocenters. The van der Waals surface area contributed by atoms with E-state index >= 15 is 0 Å². The van der Waals surface area contributed by atoms with Gasteiger partial charge in [-0.3, -0.25) is 0 Å². The molecule has 15 heteroatoms. The van der Waals surface area contributed by atoms with Crippen molar-refractivity contribution < 1.29 is 54.7 Å². The van der Waals surface area contributed by atoms with Gasteiger partial charge < -0.3 is 77.6 Å². The fourth-order valence-corrected chi connectivity index (χ4v) is 4.40. The van der Waals surface area contributed by atoms with Crippen molar-refractivity contribution in [1.29, 1.82) is 0 Å². The molecule has 0 aromatic carbocycles. The van der Waals surface area contributed by atoms with Gasteiger partial charge in [-0.05, 0) is 6.42 Å². The van der Waals surface area contributed by atoms with Crippen LogP contribution in [-0.4, -0.2) is 141 Å². The topological polar surface area (TPSA) is 283 Å². The van der Waals surface area contributed by atoms with Gasteiger partial charge >= 0.3 is 0 Å². The summed E-state index contributed by atoms with van der Waals surface area (Å²) < 4.78 is 22.2. The molecule has 15 nitrogen and oxygen atoms in total. The summed E-state index contributed by atoms with van der Waals surface area (Å²) in [6.07, 6.45) is -16.5. The maximum absolute atomic E-state index is 10.9. The first-order valence-electron chi connectivity index (χ1n) is 10.8. The molecule has 194 valence electrons. The molecule has 33 heavy (non-hydrogen) atoms. The molecule has 3 rings (SSSR count). The molecule has 1 aliphatic carbocycles. The Bertz CT molecular complexity index is 584. The lowest BCUT2D eigenvalue weighted by atomic mass is 9.84. The van der Waals surface area contributed by atoms with Gasteiger partial charge in [-0.2, -0.15) is 0 Å². The van der Waals surface area contributed by atoms with Crippen LogP contribution >= 0.6 is 0 Å². The van der Waals surface area contributed by atoms with E-state index in [2.05, 4.69) is 0 Å². The molecule has 0 spiro atoms. The van der Waals surface area contributed by atoms with Crippen molar-refractivity contribution in [3.8, 4) is 0 Å². The molecule has 3 aliphatic rings. The van der Waals surface area contributed by atoms with Gasteiger partial charge in [0.25, 0.3) is 0 Å². The Morgan fingerprint density at radius 3 is 1.70 bits per heavy atom. The third kappa shape index (κ3) is 5.32. The average molecular weight is 485 g/mol. The lowest BCUT2D eigenvalue weighted by molar-refractivity contribution is -0.332. The predicted octanol–water partition coefficient (Wildman–Crippen LogP) is -7.29. The monoisotopic (exact) mass is 484 g/mol. The van der Waals surface area contributed by atoms with E-state index in [4.69, 9.17) is 41.9 Å². The number of hydrogen-bond donors (Lipinski definition) is 11. The van der Waals surface area contributed by atoms with E-state index in [1.165, 1.54) is 0 Å². The van der Waals surface area contributed by atoms with Crippen LogP contribution in [-0.2, 0) is 18.9 Å².